The van der Waals surface area contributed by atoms with Crippen molar-refractivity contribution in [3.8, 4) is 0 Å². The van der Waals surface area contributed by atoms with Gasteiger partial charge in [-0.05, 0) is 12.1 Å². The van der Waals surface area contributed by atoms with Gasteiger partial charge in [-0.2, -0.15) is 20.4 Å². The maximum Gasteiger partial charge on any atom is 0.205 e. The molecule has 0 saturated heterocycles. The van der Waals surface area contributed by atoms with Crippen molar-refractivity contribution in [1.82, 2.24) is 15.2 Å². The van der Waals surface area contributed by atoms with Gasteiger partial charge in [0, 0.05) is 23.4 Å². The predicted octanol–water partition coefficient (Wildman–Crippen LogP) is 1.82. The molecular formula is C12H8N8. The van der Waals surface area contributed by atoms with E-state index in [2.05, 4.69) is 40.6 Å². The molecule has 8 heteroatoms. The van der Waals surface area contributed by atoms with Crippen LogP contribution in [0.4, 0.5) is 5.82 Å². The van der Waals surface area contributed by atoms with Crippen LogP contribution >= 0.6 is 0 Å². The summed E-state index contributed by atoms with van der Waals surface area (Å²) in [5, 5.41) is 24.0. The van der Waals surface area contributed by atoms with Crippen LogP contribution in [0.3, 0.4) is 0 Å². The Bertz CT molecular complexity index is 823. The Balaban J connectivity index is 1.68. The van der Waals surface area contributed by atoms with E-state index in [9.17, 15) is 0 Å². The van der Waals surface area contributed by atoms with E-state index in [-0.39, 0.29) is 0 Å². The zero-order valence-corrected chi connectivity index (χ0v) is 10.2. The number of nitrogens with zero attached hydrogens (tertiary/aromatic N) is 7. The molecule has 2 aromatic heterocycles. The smallest absolute Gasteiger partial charge is 0.205 e. The van der Waals surface area contributed by atoms with Gasteiger partial charge in [0.1, 0.15) is 11.2 Å². The van der Waals surface area contributed by atoms with Crippen molar-refractivity contribution in [1.29, 1.82) is 0 Å². The lowest BCUT2D eigenvalue weighted by Gasteiger charge is -2.09. The average molecular weight is 264 g/mol. The second-order valence-electron chi connectivity index (χ2n) is 4.21. The minimum absolute atomic E-state index is 0.475. The standard InChI is InChI=1S/C12H8N8/c1-3-13-11(9-7(1)5-15-17-9)19-20-12-10-8(2-4-14-12)6-16-18-10/h1-6,11H,(H,16,18). The van der Waals surface area contributed by atoms with Gasteiger partial charge in [-0.15, -0.1) is 5.11 Å². The second kappa shape index (κ2) is 4.26. The molecule has 2 aromatic rings. The first-order valence-corrected chi connectivity index (χ1v) is 5.95. The van der Waals surface area contributed by atoms with E-state index >= 15 is 0 Å². The molecule has 0 amide bonds. The Hall–Kier alpha value is -3.03. The van der Waals surface area contributed by atoms with Gasteiger partial charge in [0.05, 0.1) is 12.4 Å². The van der Waals surface area contributed by atoms with Crippen LogP contribution in [0.1, 0.15) is 0 Å². The van der Waals surface area contributed by atoms with Crippen LogP contribution in [-0.2, 0) is 0 Å². The van der Waals surface area contributed by atoms with E-state index in [1.165, 1.54) is 0 Å². The van der Waals surface area contributed by atoms with Crippen LogP contribution < -0.4 is 0 Å². The topological polar surface area (TPSA) is 103 Å². The molecule has 0 spiro atoms. The molecule has 0 radical (unpaired) electrons. The van der Waals surface area contributed by atoms with Crippen molar-refractivity contribution in [2.24, 2.45) is 25.4 Å². The minimum Gasteiger partial charge on any atom is -0.274 e. The molecule has 1 atom stereocenters. The number of hydrogen-bond donors (Lipinski definition) is 1. The summed E-state index contributed by atoms with van der Waals surface area (Å²) in [6.45, 7) is 0. The van der Waals surface area contributed by atoms with Crippen molar-refractivity contribution >= 4 is 34.9 Å². The maximum absolute atomic E-state index is 4.23. The minimum atomic E-state index is -0.475. The first kappa shape index (κ1) is 10.9. The number of fused-ring (bicyclic) bond motifs is 2. The number of azo groups is 1. The molecule has 0 aromatic carbocycles. The van der Waals surface area contributed by atoms with E-state index in [4.69, 9.17) is 0 Å². The number of nitrogens with one attached hydrogen (secondary N) is 1. The number of aromatic nitrogens is 3. The van der Waals surface area contributed by atoms with Gasteiger partial charge in [-0.25, -0.2) is 4.98 Å². The summed E-state index contributed by atoms with van der Waals surface area (Å²) < 4.78 is 0. The fourth-order valence-corrected chi connectivity index (χ4v) is 2.01. The van der Waals surface area contributed by atoms with Crippen LogP contribution in [0, 0.1) is 0 Å². The third-order valence-corrected chi connectivity index (χ3v) is 2.99. The van der Waals surface area contributed by atoms with Gasteiger partial charge < -0.3 is 0 Å². The fraction of sp³-hybridized carbons (Fsp3) is 0.0833. The molecule has 0 aliphatic carbocycles. The lowest BCUT2D eigenvalue weighted by Crippen LogP contribution is -2.20. The third kappa shape index (κ3) is 1.66. The van der Waals surface area contributed by atoms with Crippen LogP contribution in [0.25, 0.3) is 10.9 Å². The van der Waals surface area contributed by atoms with Gasteiger partial charge in [0.25, 0.3) is 0 Å². The lowest BCUT2D eigenvalue weighted by atomic mass is 10.1. The summed E-state index contributed by atoms with van der Waals surface area (Å²) in [6, 6.07) is 1.85. The first-order chi connectivity index (χ1) is 9.92. The highest BCUT2D eigenvalue weighted by Gasteiger charge is 2.23. The van der Waals surface area contributed by atoms with E-state index < -0.39 is 6.17 Å². The van der Waals surface area contributed by atoms with E-state index in [1.807, 2.05) is 12.1 Å². The van der Waals surface area contributed by atoms with Crippen LogP contribution in [0.2, 0.25) is 0 Å². The molecule has 4 heterocycles. The zero-order valence-electron chi connectivity index (χ0n) is 10.2. The number of pyridine rings is 1. The molecule has 8 nitrogen and oxygen atoms in total. The molecule has 1 unspecified atom stereocenters. The monoisotopic (exact) mass is 264 g/mol. The number of aliphatic imine (C=N–C) groups is 1. The zero-order chi connectivity index (χ0) is 13.4. The number of hydrogen-bond acceptors (Lipinski definition) is 7. The van der Waals surface area contributed by atoms with Crippen LogP contribution in [0.15, 0.2) is 55.5 Å². The van der Waals surface area contributed by atoms with Gasteiger partial charge in [-0.3, -0.25) is 10.1 Å². The third-order valence-electron chi connectivity index (χ3n) is 2.99. The average Bonchev–Trinajstić information content (AvgIpc) is 3.13. The van der Waals surface area contributed by atoms with Crippen molar-refractivity contribution < 1.29 is 0 Å². The Morgan fingerprint density at radius 1 is 1.30 bits per heavy atom. The second-order valence-corrected chi connectivity index (χ2v) is 4.21. The molecule has 96 valence electrons. The van der Waals surface area contributed by atoms with Crippen molar-refractivity contribution in [3.05, 3.63) is 30.1 Å². The molecule has 0 fully saturated rings. The molecule has 2 aliphatic heterocycles. The highest BCUT2D eigenvalue weighted by molar-refractivity contribution is 6.23. The Morgan fingerprint density at radius 3 is 3.30 bits per heavy atom. The first-order valence-electron chi connectivity index (χ1n) is 5.95. The quantitative estimate of drug-likeness (QED) is 0.836. The van der Waals surface area contributed by atoms with Crippen molar-refractivity contribution in [3.63, 3.8) is 0 Å². The van der Waals surface area contributed by atoms with Gasteiger partial charge in [-0.1, -0.05) is 0 Å². The molecular weight excluding hydrogens is 256 g/mol. The normalized spacial score (nSPS) is 20.5. The van der Waals surface area contributed by atoms with E-state index in [0.29, 0.717) is 11.5 Å². The summed E-state index contributed by atoms with van der Waals surface area (Å²) in [6.07, 6.45) is 8.10. The summed E-state index contributed by atoms with van der Waals surface area (Å²) in [5.41, 5.74) is 2.36. The van der Waals surface area contributed by atoms with Gasteiger partial charge in [0.2, 0.25) is 6.17 Å². The lowest BCUT2D eigenvalue weighted by molar-refractivity contribution is 0.848. The number of dihydropyridines is 1. The number of allylic oxidation sites excluding steroid dienone is 1. The summed E-state index contributed by atoms with van der Waals surface area (Å²) in [4.78, 5) is 8.41. The number of rotatable bonds is 2. The molecule has 2 aliphatic rings. The summed E-state index contributed by atoms with van der Waals surface area (Å²) in [5.74, 6) is 0.478. The van der Waals surface area contributed by atoms with E-state index in [1.54, 1.807) is 24.8 Å². The summed E-state index contributed by atoms with van der Waals surface area (Å²) in [7, 11) is 0. The number of H-pyrrole nitrogens is 1. The SMILES string of the molecule is C1=NN=C2C1=CC=NC2N=Nc1nccc2cn[nH]c12. The Kier molecular flexibility index (Phi) is 2.31. The maximum atomic E-state index is 4.23. The van der Waals surface area contributed by atoms with E-state index in [0.717, 1.165) is 16.5 Å². The van der Waals surface area contributed by atoms with Gasteiger partial charge >= 0.3 is 0 Å². The molecule has 1 N–H and O–H groups in total. The predicted molar refractivity (Wildman–Crippen MR) is 74.7 cm³/mol. The Morgan fingerprint density at radius 2 is 2.30 bits per heavy atom. The van der Waals surface area contributed by atoms with Crippen LogP contribution in [0.5, 0.6) is 0 Å². The molecule has 0 saturated carbocycles. The Labute approximate surface area is 112 Å². The fourth-order valence-electron chi connectivity index (χ4n) is 2.01. The highest BCUT2D eigenvalue weighted by atomic mass is 15.3. The van der Waals surface area contributed by atoms with Crippen LogP contribution in [-0.4, -0.2) is 39.5 Å². The van der Waals surface area contributed by atoms with Crippen molar-refractivity contribution in [2.45, 2.75) is 6.17 Å². The molecule has 4 rings (SSSR count). The van der Waals surface area contributed by atoms with Gasteiger partial charge in [0.15, 0.2) is 5.82 Å². The highest BCUT2D eigenvalue weighted by Crippen LogP contribution is 2.22. The largest absolute Gasteiger partial charge is 0.274 e. The molecule has 20 heavy (non-hydrogen) atoms. The number of aromatic amines is 1. The van der Waals surface area contributed by atoms with Crippen molar-refractivity contribution in [2.75, 3.05) is 0 Å². The summed E-state index contributed by atoms with van der Waals surface area (Å²) >= 11 is 0. The molecule has 0 bridgehead atoms.